The number of halogens is 1. The monoisotopic (exact) mass is 548 g/mol. The van der Waals surface area contributed by atoms with Gasteiger partial charge in [-0.2, -0.15) is 0 Å². The quantitative estimate of drug-likeness (QED) is 0.394. The fraction of sp³-hybridized carbons (Fsp3) is 0.208. The Bertz CT molecular complexity index is 1230. The second kappa shape index (κ2) is 11.3. The highest BCUT2D eigenvalue weighted by Gasteiger charge is 2.27. The standard InChI is InChI=1S/C24H25BrN2O6S/c1-4-33-20-10-8-19(9-11-20)27(34(29,30)21-12-5-17(25)6-13-21)16-24(28)26-18-7-14-22(31-2)23(15-18)32-3/h5-15H,4,16H2,1-3H3,(H,26,28). The van der Waals surface area contributed by atoms with Crippen molar-refractivity contribution in [1.29, 1.82) is 0 Å². The summed E-state index contributed by atoms with van der Waals surface area (Å²) < 4.78 is 44.7. The van der Waals surface area contributed by atoms with E-state index in [9.17, 15) is 13.2 Å². The zero-order chi connectivity index (χ0) is 24.7. The predicted molar refractivity (Wildman–Crippen MR) is 134 cm³/mol. The first-order valence-corrected chi connectivity index (χ1v) is 12.5. The van der Waals surface area contributed by atoms with Crippen molar-refractivity contribution in [3.63, 3.8) is 0 Å². The van der Waals surface area contributed by atoms with Gasteiger partial charge in [0, 0.05) is 16.2 Å². The molecule has 3 aromatic carbocycles. The normalized spacial score (nSPS) is 10.9. The lowest BCUT2D eigenvalue weighted by atomic mass is 10.2. The fourth-order valence-electron chi connectivity index (χ4n) is 3.17. The molecule has 0 saturated carbocycles. The highest BCUT2D eigenvalue weighted by atomic mass is 79.9. The van der Waals surface area contributed by atoms with E-state index in [0.717, 1.165) is 8.78 Å². The zero-order valence-corrected chi connectivity index (χ0v) is 21.4. The molecule has 0 saturated heterocycles. The second-order valence-corrected chi connectivity index (χ2v) is 9.79. The summed E-state index contributed by atoms with van der Waals surface area (Å²) in [6.07, 6.45) is 0. The van der Waals surface area contributed by atoms with Gasteiger partial charge in [0.2, 0.25) is 5.91 Å². The van der Waals surface area contributed by atoms with E-state index in [0.29, 0.717) is 35.2 Å². The minimum atomic E-state index is -4.04. The van der Waals surface area contributed by atoms with Gasteiger partial charge in [-0.1, -0.05) is 15.9 Å². The number of sulfonamides is 1. The molecule has 0 bridgehead atoms. The molecule has 10 heteroatoms. The first-order valence-electron chi connectivity index (χ1n) is 10.3. The largest absolute Gasteiger partial charge is 0.494 e. The van der Waals surface area contributed by atoms with Gasteiger partial charge in [-0.05, 0) is 67.6 Å². The maximum Gasteiger partial charge on any atom is 0.264 e. The molecule has 0 heterocycles. The molecule has 0 atom stereocenters. The number of rotatable bonds is 10. The van der Waals surface area contributed by atoms with E-state index in [1.165, 1.54) is 26.4 Å². The van der Waals surface area contributed by atoms with E-state index in [1.807, 2.05) is 6.92 Å². The van der Waals surface area contributed by atoms with Crippen LogP contribution in [-0.2, 0) is 14.8 Å². The van der Waals surface area contributed by atoms with Crippen LogP contribution in [0.1, 0.15) is 6.92 Å². The summed E-state index contributed by atoms with van der Waals surface area (Å²) in [6.45, 7) is 1.89. The molecular formula is C24H25BrN2O6S. The van der Waals surface area contributed by atoms with Gasteiger partial charge in [-0.15, -0.1) is 0 Å². The molecule has 0 radical (unpaired) electrons. The van der Waals surface area contributed by atoms with Crippen molar-refractivity contribution >= 4 is 43.2 Å². The molecule has 3 rings (SSSR count). The van der Waals surface area contributed by atoms with Crippen LogP contribution in [0.4, 0.5) is 11.4 Å². The molecule has 0 aliphatic heterocycles. The number of carbonyl (C=O) groups is 1. The van der Waals surface area contributed by atoms with E-state index < -0.39 is 22.5 Å². The Balaban J connectivity index is 1.92. The topological polar surface area (TPSA) is 94.2 Å². The molecule has 8 nitrogen and oxygen atoms in total. The van der Waals surface area contributed by atoms with E-state index in [2.05, 4.69) is 21.2 Å². The van der Waals surface area contributed by atoms with E-state index in [4.69, 9.17) is 14.2 Å². The molecule has 180 valence electrons. The highest BCUT2D eigenvalue weighted by Crippen LogP contribution is 2.30. The number of carbonyl (C=O) groups excluding carboxylic acids is 1. The average Bonchev–Trinajstić information content (AvgIpc) is 2.83. The van der Waals surface area contributed by atoms with E-state index >= 15 is 0 Å². The third kappa shape index (κ3) is 6.00. The molecule has 0 aliphatic carbocycles. The number of nitrogens with one attached hydrogen (secondary N) is 1. The lowest BCUT2D eigenvalue weighted by Gasteiger charge is -2.24. The Labute approximate surface area is 207 Å². The molecule has 1 N–H and O–H groups in total. The van der Waals surface area contributed by atoms with Gasteiger partial charge in [0.15, 0.2) is 11.5 Å². The highest BCUT2D eigenvalue weighted by molar-refractivity contribution is 9.10. The van der Waals surface area contributed by atoms with Crippen LogP contribution in [0.25, 0.3) is 0 Å². The maximum atomic E-state index is 13.5. The van der Waals surface area contributed by atoms with Gasteiger partial charge in [0.05, 0.1) is 31.4 Å². The third-order valence-electron chi connectivity index (χ3n) is 4.79. The van der Waals surface area contributed by atoms with Crippen LogP contribution in [0, 0.1) is 0 Å². The van der Waals surface area contributed by atoms with Crippen molar-refractivity contribution in [2.24, 2.45) is 0 Å². The van der Waals surface area contributed by atoms with Crippen molar-refractivity contribution in [3.05, 3.63) is 71.2 Å². The van der Waals surface area contributed by atoms with Crippen LogP contribution < -0.4 is 23.8 Å². The van der Waals surface area contributed by atoms with Gasteiger partial charge >= 0.3 is 0 Å². The van der Waals surface area contributed by atoms with Crippen LogP contribution in [-0.4, -0.2) is 41.7 Å². The molecule has 0 aromatic heterocycles. The number of ether oxygens (including phenoxy) is 3. The van der Waals surface area contributed by atoms with Crippen molar-refractivity contribution in [1.82, 2.24) is 0 Å². The number of hydrogen-bond acceptors (Lipinski definition) is 6. The van der Waals surface area contributed by atoms with Gasteiger partial charge in [-0.25, -0.2) is 8.42 Å². The van der Waals surface area contributed by atoms with Crippen LogP contribution in [0.15, 0.2) is 76.1 Å². The van der Waals surface area contributed by atoms with Crippen molar-refractivity contribution in [3.8, 4) is 17.2 Å². The summed E-state index contributed by atoms with van der Waals surface area (Å²) >= 11 is 3.31. The van der Waals surface area contributed by atoms with Gasteiger partial charge in [0.1, 0.15) is 12.3 Å². The number of hydrogen-bond donors (Lipinski definition) is 1. The van der Waals surface area contributed by atoms with Crippen molar-refractivity contribution < 1.29 is 27.4 Å². The smallest absolute Gasteiger partial charge is 0.264 e. The first-order chi connectivity index (χ1) is 16.3. The zero-order valence-electron chi connectivity index (χ0n) is 18.9. The number of amides is 1. The van der Waals surface area contributed by atoms with Crippen molar-refractivity contribution in [2.75, 3.05) is 37.0 Å². The summed E-state index contributed by atoms with van der Waals surface area (Å²) in [4.78, 5) is 13.0. The summed E-state index contributed by atoms with van der Waals surface area (Å²) in [7, 11) is -1.04. The third-order valence-corrected chi connectivity index (χ3v) is 7.11. The lowest BCUT2D eigenvalue weighted by molar-refractivity contribution is -0.114. The predicted octanol–water partition coefficient (Wildman–Crippen LogP) is 4.70. The molecule has 3 aromatic rings. The van der Waals surface area contributed by atoms with E-state index in [-0.39, 0.29) is 4.90 Å². The number of benzene rings is 3. The van der Waals surface area contributed by atoms with Gasteiger partial charge in [0.25, 0.3) is 10.0 Å². The van der Waals surface area contributed by atoms with Gasteiger partial charge in [-0.3, -0.25) is 9.10 Å². The minimum Gasteiger partial charge on any atom is -0.494 e. The maximum absolute atomic E-state index is 13.5. The van der Waals surface area contributed by atoms with Gasteiger partial charge < -0.3 is 19.5 Å². The first kappa shape index (κ1) is 25.4. The molecule has 1 amide bonds. The molecule has 0 aliphatic rings. The number of nitrogens with zero attached hydrogens (tertiary/aromatic N) is 1. The fourth-order valence-corrected chi connectivity index (χ4v) is 4.85. The van der Waals surface area contributed by atoms with Crippen LogP contribution >= 0.6 is 15.9 Å². The summed E-state index contributed by atoms with van der Waals surface area (Å²) in [6, 6.07) is 17.6. The summed E-state index contributed by atoms with van der Waals surface area (Å²) in [5, 5.41) is 2.72. The number of anilines is 2. The molecule has 0 fully saturated rings. The van der Waals surface area contributed by atoms with Crippen LogP contribution in [0.5, 0.6) is 17.2 Å². The number of methoxy groups -OCH3 is 2. The average molecular weight is 549 g/mol. The Morgan fingerprint density at radius 1 is 0.941 bits per heavy atom. The minimum absolute atomic E-state index is 0.0588. The van der Waals surface area contributed by atoms with Crippen LogP contribution in [0.3, 0.4) is 0 Å². The second-order valence-electron chi connectivity index (χ2n) is 7.01. The Kier molecular flexibility index (Phi) is 8.41. The Hall–Kier alpha value is -3.24. The summed E-state index contributed by atoms with van der Waals surface area (Å²) in [5.41, 5.74) is 0.768. The van der Waals surface area contributed by atoms with Crippen LogP contribution in [0.2, 0.25) is 0 Å². The molecule has 0 unspecified atom stereocenters. The molecule has 0 spiro atoms. The lowest BCUT2D eigenvalue weighted by Crippen LogP contribution is -2.38. The van der Waals surface area contributed by atoms with E-state index in [1.54, 1.807) is 54.6 Å². The molecule has 34 heavy (non-hydrogen) atoms. The van der Waals surface area contributed by atoms with Crippen molar-refractivity contribution in [2.45, 2.75) is 11.8 Å². The Morgan fingerprint density at radius 3 is 2.18 bits per heavy atom. The molecular weight excluding hydrogens is 524 g/mol. The Morgan fingerprint density at radius 2 is 1.59 bits per heavy atom. The SMILES string of the molecule is CCOc1ccc(N(CC(=O)Nc2ccc(OC)c(OC)c2)S(=O)(=O)c2ccc(Br)cc2)cc1. The summed E-state index contributed by atoms with van der Waals surface area (Å²) in [5.74, 6) is 1.02.